The van der Waals surface area contributed by atoms with Crippen molar-refractivity contribution >= 4 is 60.7 Å². The van der Waals surface area contributed by atoms with Gasteiger partial charge in [-0.05, 0) is 60.9 Å². The maximum atomic E-state index is 14.7. The van der Waals surface area contributed by atoms with Crippen LogP contribution >= 0.6 is 27.5 Å². The van der Waals surface area contributed by atoms with Gasteiger partial charge in [0.15, 0.2) is 0 Å². The SMILES string of the molecule is CCCNC(=O)C(Cc1ccccc1)N(Cc1cccc(Br)c1)C(=O)CN(c1cc(Cl)ccc1OC)S(=O)(=O)c1ccc(C)c([N+](=O)[O-])c1. The predicted molar refractivity (Wildman–Crippen MR) is 192 cm³/mol. The number of nitro benzene ring substituents is 1. The zero-order valence-electron chi connectivity index (χ0n) is 27.1. The van der Waals surface area contributed by atoms with E-state index in [0.717, 1.165) is 20.4 Å². The normalized spacial score (nSPS) is 11.8. The smallest absolute Gasteiger partial charge is 0.273 e. The summed E-state index contributed by atoms with van der Waals surface area (Å²) in [6, 6.07) is 23.2. The van der Waals surface area contributed by atoms with E-state index in [1.165, 1.54) is 49.3 Å². The number of nitro groups is 1. The number of hydrogen-bond donors (Lipinski definition) is 1. The number of nitrogens with one attached hydrogen (secondary N) is 1. The molecule has 258 valence electrons. The summed E-state index contributed by atoms with van der Waals surface area (Å²) >= 11 is 9.80. The van der Waals surface area contributed by atoms with Crippen LogP contribution in [0.25, 0.3) is 0 Å². The molecule has 0 aliphatic heterocycles. The second kappa shape index (κ2) is 16.8. The molecule has 1 atom stereocenters. The quantitative estimate of drug-likeness (QED) is 0.105. The molecule has 1 unspecified atom stereocenters. The van der Waals surface area contributed by atoms with Gasteiger partial charge in [0.05, 0.1) is 22.6 Å². The monoisotopic (exact) mass is 770 g/mol. The summed E-state index contributed by atoms with van der Waals surface area (Å²) in [5, 5.41) is 14.8. The number of carbonyl (C=O) groups excluding carboxylic acids is 2. The number of halogens is 2. The second-order valence-corrected chi connectivity index (χ2v) is 14.4. The molecule has 0 radical (unpaired) electrons. The summed E-state index contributed by atoms with van der Waals surface area (Å²) in [7, 11) is -3.33. The molecule has 4 aromatic rings. The van der Waals surface area contributed by atoms with Gasteiger partial charge in [-0.25, -0.2) is 8.42 Å². The summed E-state index contributed by atoms with van der Waals surface area (Å²) in [6.07, 6.45) is 0.806. The van der Waals surface area contributed by atoms with Gasteiger partial charge in [-0.15, -0.1) is 0 Å². The van der Waals surface area contributed by atoms with Crippen molar-refractivity contribution in [2.24, 2.45) is 0 Å². The van der Waals surface area contributed by atoms with Crippen molar-refractivity contribution in [3.8, 4) is 5.75 Å². The zero-order valence-corrected chi connectivity index (χ0v) is 30.3. The first-order valence-electron chi connectivity index (χ1n) is 15.3. The number of aryl methyl sites for hydroxylation is 1. The highest BCUT2D eigenvalue weighted by Crippen LogP contribution is 2.36. The second-order valence-electron chi connectivity index (χ2n) is 11.2. The molecular formula is C35H36BrClN4O7S. The van der Waals surface area contributed by atoms with E-state index in [0.29, 0.717) is 18.5 Å². The van der Waals surface area contributed by atoms with Crippen molar-refractivity contribution in [1.29, 1.82) is 0 Å². The molecule has 4 aromatic carbocycles. The number of sulfonamides is 1. The Morgan fingerprint density at radius 3 is 2.37 bits per heavy atom. The Labute approximate surface area is 299 Å². The highest BCUT2D eigenvalue weighted by atomic mass is 79.9. The molecule has 0 saturated heterocycles. The van der Waals surface area contributed by atoms with E-state index >= 15 is 0 Å². The van der Waals surface area contributed by atoms with E-state index in [1.807, 2.05) is 49.4 Å². The predicted octanol–water partition coefficient (Wildman–Crippen LogP) is 6.69. The maximum absolute atomic E-state index is 14.7. The van der Waals surface area contributed by atoms with Crippen LogP contribution in [0.1, 0.15) is 30.0 Å². The summed E-state index contributed by atoms with van der Waals surface area (Å²) in [5.74, 6) is -1.03. The lowest BCUT2D eigenvalue weighted by Crippen LogP contribution is -2.53. The van der Waals surface area contributed by atoms with Gasteiger partial charge >= 0.3 is 0 Å². The number of anilines is 1. The Morgan fingerprint density at radius 1 is 1.00 bits per heavy atom. The van der Waals surface area contributed by atoms with E-state index in [9.17, 15) is 28.1 Å². The maximum Gasteiger partial charge on any atom is 0.273 e. The van der Waals surface area contributed by atoms with E-state index in [-0.39, 0.29) is 35.0 Å². The molecule has 4 rings (SSSR count). The van der Waals surface area contributed by atoms with E-state index in [1.54, 1.807) is 12.1 Å². The summed E-state index contributed by atoms with van der Waals surface area (Å²) < 4.78 is 35.9. The van der Waals surface area contributed by atoms with E-state index in [2.05, 4.69) is 21.2 Å². The van der Waals surface area contributed by atoms with Gasteiger partial charge in [0.1, 0.15) is 18.3 Å². The molecule has 0 aliphatic rings. The van der Waals surface area contributed by atoms with Crippen LogP contribution in [-0.4, -0.2) is 56.3 Å². The molecule has 14 heteroatoms. The molecule has 0 aliphatic carbocycles. The number of rotatable bonds is 15. The van der Waals surface area contributed by atoms with Crippen molar-refractivity contribution in [2.45, 2.75) is 44.2 Å². The lowest BCUT2D eigenvalue weighted by molar-refractivity contribution is -0.385. The third kappa shape index (κ3) is 9.37. The van der Waals surface area contributed by atoms with E-state index in [4.69, 9.17) is 16.3 Å². The number of methoxy groups -OCH3 is 1. The number of carbonyl (C=O) groups is 2. The van der Waals surface area contributed by atoms with Crippen molar-refractivity contribution in [1.82, 2.24) is 10.2 Å². The van der Waals surface area contributed by atoms with Gasteiger partial charge in [-0.3, -0.25) is 24.0 Å². The Balaban J connectivity index is 1.89. The lowest BCUT2D eigenvalue weighted by atomic mass is 10.0. The van der Waals surface area contributed by atoms with Crippen LogP contribution in [0.4, 0.5) is 11.4 Å². The third-order valence-corrected chi connectivity index (χ3v) is 10.2. The average Bonchev–Trinajstić information content (AvgIpc) is 3.07. The molecule has 0 heterocycles. The molecule has 49 heavy (non-hydrogen) atoms. The fraction of sp³-hybridized carbons (Fsp3) is 0.257. The highest BCUT2D eigenvalue weighted by molar-refractivity contribution is 9.10. The standard InChI is InChI=1S/C35H36BrClN4O7S/c1-4-17-38-35(43)32(19-25-9-6-5-7-10-25)39(22-26-11-8-12-27(36)18-26)34(42)23-40(31-20-28(37)14-16-33(31)48-3)49(46,47)29-15-13-24(2)30(21-29)41(44)45/h5-16,18,20-21,32H,4,17,19,22-23H2,1-3H3,(H,38,43). The number of ether oxygens (including phenoxy) is 1. The Morgan fingerprint density at radius 2 is 1.71 bits per heavy atom. The van der Waals surface area contributed by atoms with Crippen molar-refractivity contribution in [2.75, 3.05) is 24.5 Å². The molecular weight excluding hydrogens is 736 g/mol. The Kier molecular flexibility index (Phi) is 12.8. The van der Waals surface area contributed by atoms with Crippen molar-refractivity contribution in [3.63, 3.8) is 0 Å². The van der Waals surface area contributed by atoms with Crippen LogP contribution < -0.4 is 14.4 Å². The van der Waals surface area contributed by atoms with Crippen LogP contribution in [-0.2, 0) is 32.6 Å². The van der Waals surface area contributed by atoms with E-state index < -0.39 is 49.9 Å². The topological polar surface area (TPSA) is 139 Å². The van der Waals surface area contributed by atoms with Gasteiger partial charge in [0.2, 0.25) is 11.8 Å². The van der Waals surface area contributed by atoms with Crippen molar-refractivity contribution < 1.29 is 27.7 Å². The first kappa shape index (κ1) is 37.4. The molecule has 1 N–H and O–H groups in total. The average molecular weight is 772 g/mol. The van der Waals surface area contributed by atoms with Gasteiger partial charge in [-0.2, -0.15) is 0 Å². The molecule has 0 saturated carbocycles. The fourth-order valence-corrected chi connectivity index (χ4v) is 7.25. The molecule has 2 amide bonds. The third-order valence-electron chi connectivity index (χ3n) is 7.72. The summed E-state index contributed by atoms with van der Waals surface area (Å²) in [6.45, 7) is 2.95. The number of nitrogens with zero attached hydrogens (tertiary/aromatic N) is 3. The minimum atomic E-state index is -4.67. The Bertz CT molecular complexity index is 1930. The molecule has 0 fully saturated rings. The minimum Gasteiger partial charge on any atom is -0.495 e. The molecule has 11 nitrogen and oxygen atoms in total. The number of hydrogen-bond acceptors (Lipinski definition) is 7. The largest absolute Gasteiger partial charge is 0.495 e. The van der Waals surface area contributed by atoms with Crippen LogP contribution in [0.5, 0.6) is 5.75 Å². The van der Waals surface area contributed by atoms with Crippen LogP contribution in [0.3, 0.4) is 0 Å². The zero-order chi connectivity index (χ0) is 35.7. The van der Waals surface area contributed by atoms with Gasteiger partial charge < -0.3 is 15.0 Å². The lowest BCUT2D eigenvalue weighted by Gasteiger charge is -2.34. The highest BCUT2D eigenvalue weighted by Gasteiger charge is 2.36. The fourth-order valence-electron chi connectivity index (χ4n) is 5.20. The molecule has 0 bridgehead atoms. The Hall–Kier alpha value is -4.46. The molecule has 0 spiro atoms. The summed E-state index contributed by atoms with van der Waals surface area (Å²) in [4.78, 5) is 40.5. The van der Waals surface area contributed by atoms with Gasteiger partial charge in [0.25, 0.3) is 15.7 Å². The van der Waals surface area contributed by atoms with Crippen molar-refractivity contribution in [3.05, 3.63) is 127 Å². The minimum absolute atomic E-state index is 0.0358. The van der Waals surface area contributed by atoms with Crippen LogP contribution in [0, 0.1) is 17.0 Å². The number of amides is 2. The van der Waals surface area contributed by atoms with Crippen LogP contribution in [0.2, 0.25) is 5.02 Å². The molecule has 0 aromatic heterocycles. The van der Waals surface area contributed by atoms with Crippen LogP contribution in [0.15, 0.2) is 100 Å². The summed E-state index contributed by atoms with van der Waals surface area (Å²) in [5.41, 5.74) is 1.27. The van der Waals surface area contributed by atoms with Gasteiger partial charge in [0, 0.05) is 40.6 Å². The first-order valence-corrected chi connectivity index (χ1v) is 17.9. The number of benzene rings is 4. The first-order chi connectivity index (χ1) is 23.3. The van der Waals surface area contributed by atoms with Gasteiger partial charge in [-0.1, -0.05) is 83.0 Å².